The molecule has 1 aromatic carbocycles. The summed E-state index contributed by atoms with van der Waals surface area (Å²) in [5.41, 5.74) is 8.74. The molecule has 1 aliphatic rings. The molecule has 0 saturated heterocycles. The minimum absolute atomic E-state index is 0.205. The van der Waals surface area contributed by atoms with Gasteiger partial charge in [0.1, 0.15) is 0 Å². The Morgan fingerprint density at radius 3 is 2.37 bits per heavy atom. The third-order valence-electron chi connectivity index (χ3n) is 4.12. The van der Waals surface area contributed by atoms with E-state index in [9.17, 15) is 14.7 Å². The van der Waals surface area contributed by atoms with Gasteiger partial charge in [0.25, 0.3) is 0 Å². The van der Waals surface area contributed by atoms with Gasteiger partial charge in [-0.15, -0.1) is 0 Å². The molecule has 0 aliphatic heterocycles. The lowest BCUT2D eigenvalue weighted by molar-refractivity contribution is 0.0695. The van der Waals surface area contributed by atoms with Crippen molar-refractivity contribution in [2.24, 2.45) is 5.73 Å². The maximum Gasteiger partial charge on any atom is 0.335 e. The Morgan fingerprint density at radius 1 is 1.37 bits per heavy atom. The second kappa shape index (κ2) is 5.03. The summed E-state index contributed by atoms with van der Waals surface area (Å²) in [5, 5.41) is 9.28. The number of rotatable bonds is 4. The Balaban J connectivity index is 2.70. The lowest BCUT2D eigenvalue weighted by Crippen LogP contribution is -2.22. The van der Waals surface area contributed by atoms with Gasteiger partial charge >= 0.3 is 5.97 Å². The van der Waals surface area contributed by atoms with Crippen LogP contribution in [-0.4, -0.2) is 17.0 Å². The molecule has 1 aliphatic carbocycles. The largest absolute Gasteiger partial charge is 0.478 e. The zero-order chi connectivity index (χ0) is 14.2. The van der Waals surface area contributed by atoms with Crippen molar-refractivity contribution in [2.45, 2.75) is 45.4 Å². The van der Waals surface area contributed by atoms with Gasteiger partial charge in [0, 0.05) is 5.56 Å². The number of amides is 1. The summed E-state index contributed by atoms with van der Waals surface area (Å²) in [6, 6.07) is 1.46. The minimum Gasteiger partial charge on any atom is -0.478 e. The van der Waals surface area contributed by atoms with Gasteiger partial charge in [-0.1, -0.05) is 13.3 Å². The number of hydrogen-bond donors (Lipinski definition) is 2. The number of hydrogen-bond acceptors (Lipinski definition) is 2. The topological polar surface area (TPSA) is 80.4 Å². The van der Waals surface area contributed by atoms with E-state index in [0.717, 1.165) is 36.0 Å². The van der Waals surface area contributed by atoms with Gasteiger partial charge in [0.2, 0.25) is 5.91 Å². The van der Waals surface area contributed by atoms with Gasteiger partial charge in [-0.3, -0.25) is 4.79 Å². The van der Waals surface area contributed by atoms with Crippen molar-refractivity contribution < 1.29 is 14.7 Å². The molecular formula is C15H19NO3. The van der Waals surface area contributed by atoms with Crippen LogP contribution in [0.2, 0.25) is 0 Å². The van der Waals surface area contributed by atoms with Gasteiger partial charge < -0.3 is 10.8 Å². The summed E-state index contributed by atoms with van der Waals surface area (Å²) in [6.07, 6.45) is 3.91. The monoisotopic (exact) mass is 261 g/mol. The van der Waals surface area contributed by atoms with E-state index in [1.165, 1.54) is 6.07 Å². The van der Waals surface area contributed by atoms with Crippen LogP contribution in [0.3, 0.4) is 0 Å². The summed E-state index contributed by atoms with van der Waals surface area (Å²) < 4.78 is 0. The van der Waals surface area contributed by atoms with Gasteiger partial charge in [0.15, 0.2) is 0 Å². The number of carboxylic acids is 1. The van der Waals surface area contributed by atoms with Crippen molar-refractivity contribution in [2.75, 3.05) is 0 Å². The van der Waals surface area contributed by atoms with E-state index >= 15 is 0 Å². The first kappa shape index (κ1) is 13.6. The average molecular weight is 261 g/mol. The predicted molar refractivity (Wildman–Crippen MR) is 72.6 cm³/mol. The number of carboxylic acid groups (broad SMARTS) is 1. The number of nitrogens with two attached hydrogens (primary N) is 1. The lowest BCUT2D eigenvalue weighted by atomic mass is 9.74. The van der Waals surface area contributed by atoms with E-state index in [1.807, 2.05) is 13.8 Å². The first-order chi connectivity index (χ1) is 8.97. The molecule has 1 aromatic rings. The third-order valence-corrected chi connectivity index (χ3v) is 4.12. The SMILES string of the molecule is CCc1c(C(=O)O)cc(C(N)=O)c(C2CCC2)c1C. The predicted octanol–water partition coefficient (Wildman–Crippen LogP) is 2.62. The molecule has 0 radical (unpaired) electrons. The molecule has 0 spiro atoms. The van der Waals surface area contributed by atoms with Crippen LogP contribution >= 0.6 is 0 Å². The number of primary amides is 1. The molecular weight excluding hydrogens is 242 g/mol. The van der Waals surface area contributed by atoms with Crippen LogP contribution < -0.4 is 5.73 Å². The van der Waals surface area contributed by atoms with Crippen molar-refractivity contribution >= 4 is 11.9 Å². The zero-order valence-corrected chi connectivity index (χ0v) is 11.3. The van der Waals surface area contributed by atoms with Crippen LogP contribution in [0, 0.1) is 6.92 Å². The molecule has 19 heavy (non-hydrogen) atoms. The lowest BCUT2D eigenvalue weighted by Gasteiger charge is -2.30. The third kappa shape index (κ3) is 2.23. The fraction of sp³-hybridized carbons (Fsp3) is 0.467. The van der Waals surface area contributed by atoms with E-state index < -0.39 is 11.9 Å². The number of benzene rings is 1. The summed E-state index contributed by atoms with van der Waals surface area (Å²) in [5.74, 6) is -1.17. The molecule has 4 nitrogen and oxygen atoms in total. The first-order valence-corrected chi connectivity index (χ1v) is 6.66. The van der Waals surface area contributed by atoms with E-state index in [2.05, 4.69) is 0 Å². The zero-order valence-electron chi connectivity index (χ0n) is 11.3. The van der Waals surface area contributed by atoms with Crippen LogP contribution in [-0.2, 0) is 6.42 Å². The molecule has 102 valence electrons. The fourth-order valence-corrected chi connectivity index (χ4v) is 2.95. The van der Waals surface area contributed by atoms with Crippen molar-refractivity contribution in [3.8, 4) is 0 Å². The van der Waals surface area contributed by atoms with Gasteiger partial charge in [-0.2, -0.15) is 0 Å². The maximum atomic E-state index is 11.6. The first-order valence-electron chi connectivity index (χ1n) is 6.66. The van der Waals surface area contributed by atoms with E-state index in [0.29, 0.717) is 17.9 Å². The Kier molecular flexibility index (Phi) is 3.60. The minimum atomic E-state index is -0.998. The Labute approximate surface area is 112 Å². The van der Waals surface area contributed by atoms with E-state index in [-0.39, 0.29) is 5.56 Å². The van der Waals surface area contributed by atoms with Crippen molar-refractivity contribution in [3.63, 3.8) is 0 Å². The molecule has 4 heteroatoms. The molecule has 1 fully saturated rings. The van der Waals surface area contributed by atoms with Crippen molar-refractivity contribution in [3.05, 3.63) is 33.9 Å². The maximum absolute atomic E-state index is 11.6. The van der Waals surface area contributed by atoms with Crippen molar-refractivity contribution in [1.82, 2.24) is 0 Å². The molecule has 0 atom stereocenters. The number of aromatic carboxylic acids is 1. The Hall–Kier alpha value is -1.84. The smallest absolute Gasteiger partial charge is 0.335 e. The highest BCUT2D eigenvalue weighted by Crippen LogP contribution is 2.41. The highest BCUT2D eigenvalue weighted by Gasteiger charge is 2.28. The van der Waals surface area contributed by atoms with Gasteiger partial charge in [-0.25, -0.2) is 4.79 Å². The van der Waals surface area contributed by atoms with Gasteiger partial charge in [0.05, 0.1) is 5.56 Å². The molecule has 0 bridgehead atoms. The Bertz CT molecular complexity index is 545. The molecule has 2 rings (SSSR count). The number of carbonyl (C=O) groups excluding carboxylic acids is 1. The second-order valence-corrected chi connectivity index (χ2v) is 5.14. The molecule has 1 amide bonds. The summed E-state index contributed by atoms with van der Waals surface area (Å²) in [6.45, 7) is 3.84. The highest BCUT2D eigenvalue weighted by atomic mass is 16.4. The van der Waals surface area contributed by atoms with Crippen LogP contribution in [0.4, 0.5) is 0 Å². The quantitative estimate of drug-likeness (QED) is 0.874. The van der Waals surface area contributed by atoms with Crippen LogP contribution in [0.5, 0.6) is 0 Å². The standard InChI is InChI=1S/C15H19NO3/c1-3-10-8(2)13(9-5-4-6-9)12(14(16)17)7-11(10)15(18)19/h7,9H,3-6H2,1-2H3,(H2,16,17)(H,18,19). The fourth-order valence-electron chi connectivity index (χ4n) is 2.95. The molecule has 1 saturated carbocycles. The average Bonchev–Trinajstić information content (AvgIpc) is 2.27. The summed E-state index contributed by atoms with van der Waals surface area (Å²) in [4.78, 5) is 22.9. The van der Waals surface area contributed by atoms with Crippen LogP contribution in [0.15, 0.2) is 6.07 Å². The van der Waals surface area contributed by atoms with E-state index in [4.69, 9.17) is 5.73 Å². The summed E-state index contributed by atoms with van der Waals surface area (Å²) >= 11 is 0. The molecule has 0 heterocycles. The van der Waals surface area contributed by atoms with E-state index in [1.54, 1.807) is 0 Å². The Morgan fingerprint density at radius 2 is 2.00 bits per heavy atom. The van der Waals surface area contributed by atoms with Crippen LogP contribution in [0.1, 0.15) is 69.5 Å². The van der Waals surface area contributed by atoms with Gasteiger partial charge in [-0.05, 0) is 54.9 Å². The van der Waals surface area contributed by atoms with Crippen LogP contribution in [0.25, 0.3) is 0 Å². The second-order valence-electron chi connectivity index (χ2n) is 5.14. The molecule has 0 unspecified atom stereocenters. The van der Waals surface area contributed by atoms with Crippen molar-refractivity contribution in [1.29, 1.82) is 0 Å². The normalized spacial score (nSPS) is 15.1. The molecule has 0 aromatic heterocycles. The summed E-state index contributed by atoms with van der Waals surface area (Å²) in [7, 11) is 0. The molecule has 3 N–H and O–H groups in total. The highest BCUT2D eigenvalue weighted by molar-refractivity contribution is 5.99. The number of carbonyl (C=O) groups is 2.